The van der Waals surface area contributed by atoms with E-state index in [9.17, 15) is 4.79 Å². The minimum atomic E-state index is -0.159. The lowest BCUT2D eigenvalue weighted by Gasteiger charge is -2.24. The Hall–Kier alpha value is -0.610. The van der Waals surface area contributed by atoms with Gasteiger partial charge in [-0.05, 0) is 39.8 Å². The molecule has 1 aliphatic rings. The van der Waals surface area contributed by atoms with Gasteiger partial charge in [0.1, 0.15) is 0 Å². The molecule has 0 aliphatic carbocycles. The van der Waals surface area contributed by atoms with Crippen molar-refractivity contribution in [3.05, 3.63) is 0 Å². The molecule has 2 atom stereocenters. The monoisotopic (exact) mass is 214 g/mol. The number of hydrogen-bond acceptors (Lipinski definition) is 4. The number of methoxy groups -OCH3 is 1. The summed E-state index contributed by atoms with van der Waals surface area (Å²) < 4.78 is 4.77. The third kappa shape index (κ3) is 3.18. The van der Waals surface area contributed by atoms with Gasteiger partial charge in [0.15, 0.2) is 0 Å². The molecule has 15 heavy (non-hydrogen) atoms. The van der Waals surface area contributed by atoms with Crippen LogP contribution in [0.2, 0.25) is 0 Å². The number of esters is 1. The SMILES string of the molecule is COC(=O)C1CCN(C(C)C)CCC1N. The van der Waals surface area contributed by atoms with E-state index in [4.69, 9.17) is 10.5 Å². The van der Waals surface area contributed by atoms with Crippen LogP contribution in [0.25, 0.3) is 0 Å². The Balaban J connectivity index is 2.59. The van der Waals surface area contributed by atoms with Crippen LogP contribution in [0.3, 0.4) is 0 Å². The van der Waals surface area contributed by atoms with Gasteiger partial charge in [-0.3, -0.25) is 4.79 Å². The van der Waals surface area contributed by atoms with E-state index in [1.54, 1.807) is 0 Å². The fraction of sp³-hybridized carbons (Fsp3) is 0.909. The van der Waals surface area contributed by atoms with E-state index in [1.165, 1.54) is 7.11 Å². The molecule has 1 aliphatic heterocycles. The number of carbonyl (C=O) groups is 1. The van der Waals surface area contributed by atoms with Gasteiger partial charge >= 0.3 is 5.97 Å². The Labute approximate surface area is 91.8 Å². The molecule has 88 valence electrons. The summed E-state index contributed by atoms with van der Waals surface area (Å²) in [4.78, 5) is 13.8. The minimum absolute atomic E-state index is 0.0544. The highest BCUT2D eigenvalue weighted by atomic mass is 16.5. The van der Waals surface area contributed by atoms with Gasteiger partial charge in [-0.25, -0.2) is 0 Å². The van der Waals surface area contributed by atoms with Crippen LogP contribution in [0.1, 0.15) is 26.7 Å². The third-order valence-corrected chi connectivity index (χ3v) is 3.23. The highest BCUT2D eigenvalue weighted by Gasteiger charge is 2.30. The molecular weight excluding hydrogens is 192 g/mol. The van der Waals surface area contributed by atoms with E-state index in [2.05, 4.69) is 18.7 Å². The smallest absolute Gasteiger partial charge is 0.310 e. The van der Waals surface area contributed by atoms with E-state index in [0.717, 1.165) is 25.9 Å². The zero-order valence-electron chi connectivity index (χ0n) is 9.90. The number of ether oxygens (including phenoxy) is 1. The van der Waals surface area contributed by atoms with Crippen molar-refractivity contribution in [3.63, 3.8) is 0 Å². The molecule has 0 aromatic heterocycles. The maximum absolute atomic E-state index is 11.5. The Kier molecular flexibility index (Phi) is 4.54. The van der Waals surface area contributed by atoms with E-state index in [1.807, 2.05) is 0 Å². The van der Waals surface area contributed by atoms with Crippen LogP contribution in [0.15, 0.2) is 0 Å². The summed E-state index contributed by atoms with van der Waals surface area (Å²) in [7, 11) is 1.43. The molecule has 0 amide bonds. The van der Waals surface area contributed by atoms with E-state index >= 15 is 0 Å². The molecule has 1 saturated heterocycles. The lowest BCUT2D eigenvalue weighted by molar-refractivity contribution is -0.146. The van der Waals surface area contributed by atoms with Crippen molar-refractivity contribution in [1.82, 2.24) is 4.90 Å². The molecule has 0 spiro atoms. The van der Waals surface area contributed by atoms with Gasteiger partial charge in [-0.15, -0.1) is 0 Å². The first kappa shape index (κ1) is 12.5. The number of carbonyl (C=O) groups excluding carboxylic acids is 1. The maximum Gasteiger partial charge on any atom is 0.310 e. The largest absolute Gasteiger partial charge is 0.469 e. The number of nitrogens with zero attached hydrogens (tertiary/aromatic N) is 1. The van der Waals surface area contributed by atoms with Crippen molar-refractivity contribution in [1.29, 1.82) is 0 Å². The zero-order valence-corrected chi connectivity index (χ0v) is 9.90. The standard InChI is InChI=1S/C11H22N2O2/c1-8(2)13-6-4-9(11(14)15-3)10(12)5-7-13/h8-10H,4-7,12H2,1-3H3. The fourth-order valence-corrected chi connectivity index (χ4v) is 2.11. The first-order valence-electron chi connectivity index (χ1n) is 5.63. The lowest BCUT2D eigenvalue weighted by atomic mass is 9.96. The fourth-order valence-electron chi connectivity index (χ4n) is 2.11. The third-order valence-electron chi connectivity index (χ3n) is 3.23. The molecule has 0 bridgehead atoms. The van der Waals surface area contributed by atoms with E-state index in [-0.39, 0.29) is 17.9 Å². The van der Waals surface area contributed by atoms with Gasteiger partial charge in [0.25, 0.3) is 0 Å². The van der Waals surface area contributed by atoms with Crippen molar-refractivity contribution in [3.8, 4) is 0 Å². The van der Waals surface area contributed by atoms with Crippen LogP contribution in [0, 0.1) is 5.92 Å². The second-order valence-corrected chi connectivity index (χ2v) is 4.50. The van der Waals surface area contributed by atoms with Crippen molar-refractivity contribution in [2.45, 2.75) is 38.8 Å². The van der Waals surface area contributed by atoms with Gasteiger partial charge in [0.05, 0.1) is 13.0 Å². The van der Waals surface area contributed by atoms with Crippen LogP contribution in [0.5, 0.6) is 0 Å². The Morgan fingerprint density at radius 2 is 2.00 bits per heavy atom. The molecule has 0 radical (unpaired) electrons. The summed E-state index contributed by atoms with van der Waals surface area (Å²) in [6, 6.07) is 0.467. The second-order valence-electron chi connectivity index (χ2n) is 4.50. The number of likely N-dealkylation sites (tertiary alicyclic amines) is 1. The maximum atomic E-state index is 11.5. The molecule has 2 unspecified atom stereocenters. The molecule has 1 heterocycles. The average molecular weight is 214 g/mol. The van der Waals surface area contributed by atoms with Crippen LogP contribution >= 0.6 is 0 Å². The second kappa shape index (κ2) is 5.47. The van der Waals surface area contributed by atoms with Crippen molar-refractivity contribution in [2.24, 2.45) is 11.7 Å². The summed E-state index contributed by atoms with van der Waals surface area (Å²) in [6.07, 6.45) is 1.68. The van der Waals surface area contributed by atoms with Crippen molar-refractivity contribution in [2.75, 3.05) is 20.2 Å². The molecule has 0 aromatic carbocycles. The van der Waals surface area contributed by atoms with Crippen LogP contribution in [0.4, 0.5) is 0 Å². The van der Waals surface area contributed by atoms with Crippen molar-refractivity contribution >= 4 is 5.97 Å². The highest BCUT2D eigenvalue weighted by Crippen LogP contribution is 2.19. The summed E-state index contributed by atoms with van der Waals surface area (Å²) in [5, 5.41) is 0. The molecule has 0 saturated carbocycles. The first-order chi connectivity index (χ1) is 7.06. The van der Waals surface area contributed by atoms with Gasteiger partial charge in [0.2, 0.25) is 0 Å². The predicted octanol–water partition coefficient (Wildman–Crippen LogP) is 0.607. The number of rotatable bonds is 2. The minimum Gasteiger partial charge on any atom is -0.469 e. The Morgan fingerprint density at radius 3 is 2.53 bits per heavy atom. The summed E-state index contributed by atoms with van der Waals surface area (Å²) in [5.41, 5.74) is 5.99. The molecule has 4 heteroatoms. The summed E-state index contributed by atoms with van der Waals surface area (Å²) in [5.74, 6) is -0.285. The van der Waals surface area contributed by atoms with Crippen molar-refractivity contribution < 1.29 is 9.53 Å². The average Bonchev–Trinajstić information content (AvgIpc) is 2.39. The van der Waals surface area contributed by atoms with Gasteiger partial charge in [-0.2, -0.15) is 0 Å². The van der Waals surface area contributed by atoms with Gasteiger partial charge in [-0.1, -0.05) is 0 Å². The Bertz CT molecular complexity index is 219. The topological polar surface area (TPSA) is 55.6 Å². The van der Waals surface area contributed by atoms with E-state index < -0.39 is 0 Å². The lowest BCUT2D eigenvalue weighted by Crippen LogP contribution is -2.36. The molecular formula is C11H22N2O2. The molecule has 1 fully saturated rings. The molecule has 4 nitrogen and oxygen atoms in total. The number of nitrogens with two attached hydrogens (primary N) is 1. The molecule has 0 aromatic rings. The zero-order chi connectivity index (χ0) is 11.4. The van der Waals surface area contributed by atoms with Crippen LogP contribution in [-0.2, 0) is 9.53 Å². The molecule has 2 N–H and O–H groups in total. The summed E-state index contributed by atoms with van der Waals surface area (Å²) in [6.45, 7) is 6.26. The molecule has 1 rings (SSSR count). The summed E-state index contributed by atoms with van der Waals surface area (Å²) >= 11 is 0. The predicted molar refractivity (Wildman–Crippen MR) is 59.4 cm³/mol. The quantitative estimate of drug-likeness (QED) is 0.684. The Morgan fingerprint density at radius 1 is 1.40 bits per heavy atom. The van der Waals surface area contributed by atoms with Crippen LogP contribution in [-0.4, -0.2) is 43.2 Å². The van der Waals surface area contributed by atoms with Gasteiger partial charge < -0.3 is 15.4 Å². The first-order valence-corrected chi connectivity index (χ1v) is 5.63. The number of hydrogen-bond donors (Lipinski definition) is 1. The van der Waals surface area contributed by atoms with E-state index in [0.29, 0.717) is 6.04 Å². The highest BCUT2D eigenvalue weighted by molar-refractivity contribution is 5.73. The van der Waals surface area contributed by atoms with Gasteiger partial charge in [0, 0.05) is 12.1 Å². The van der Waals surface area contributed by atoms with Crippen LogP contribution < -0.4 is 5.73 Å². The normalized spacial score (nSPS) is 28.9.